The number of carboxylic acids is 1. The SMILES string of the molecule is CN(C)C(=O)N1CCC2(CC1)NC(C(=O)O)CCS2. The molecule has 19 heavy (non-hydrogen) atoms. The zero-order valence-corrected chi connectivity index (χ0v) is 12.2. The highest BCUT2D eigenvalue weighted by Crippen LogP contribution is 2.38. The number of likely N-dealkylation sites (tertiary alicyclic amines) is 1. The number of carbonyl (C=O) groups is 2. The molecule has 6 nitrogen and oxygen atoms in total. The van der Waals surface area contributed by atoms with Crippen molar-refractivity contribution in [3.8, 4) is 0 Å². The molecule has 0 saturated carbocycles. The van der Waals surface area contributed by atoms with Gasteiger partial charge in [0.15, 0.2) is 0 Å². The molecule has 2 N–H and O–H groups in total. The number of rotatable bonds is 1. The Morgan fingerprint density at radius 3 is 2.53 bits per heavy atom. The number of carbonyl (C=O) groups excluding carboxylic acids is 1. The molecule has 0 aliphatic carbocycles. The summed E-state index contributed by atoms with van der Waals surface area (Å²) in [6.07, 6.45) is 2.28. The summed E-state index contributed by atoms with van der Waals surface area (Å²) < 4.78 is 0. The molecule has 108 valence electrons. The Bertz CT molecular complexity index is 367. The Labute approximate surface area is 117 Å². The van der Waals surface area contributed by atoms with Crippen molar-refractivity contribution in [2.75, 3.05) is 32.9 Å². The van der Waals surface area contributed by atoms with Crippen LogP contribution in [-0.4, -0.2) is 70.8 Å². The molecule has 2 aliphatic rings. The van der Waals surface area contributed by atoms with E-state index in [9.17, 15) is 9.59 Å². The van der Waals surface area contributed by atoms with Crippen molar-refractivity contribution in [1.82, 2.24) is 15.1 Å². The third kappa shape index (κ3) is 3.14. The molecule has 2 fully saturated rings. The van der Waals surface area contributed by atoms with Gasteiger partial charge in [0.1, 0.15) is 6.04 Å². The van der Waals surface area contributed by atoms with E-state index in [1.165, 1.54) is 0 Å². The molecule has 0 radical (unpaired) electrons. The van der Waals surface area contributed by atoms with Crippen molar-refractivity contribution in [3.05, 3.63) is 0 Å². The number of hydrogen-bond donors (Lipinski definition) is 2. The first kappa shape index (κ1) is 14.5. The molecule has 7 heteroatoms. The number of aliphatic carboxylic acids is 1. The van der Waals surface area contributed by atoms with E-state index < -0.39 is 12.0 Å². The van der Waals surface area contributed by atoms with Gasteiger partial charge in [-0.1, -0.05) is 0 Å². The summed E-state index contributed by atoms with van der Waals surface area (Å²) in [5.41, 5.74) is 0. The number of urea groups is 1. The van der Waals surface area contributed by atoms with Crippen molar-refractivity contribution in [1.29, 1.82) is 0 Å². The smallest absolute Gasteiger partial charge is 0.320 e. The van der Waals surface area contributed by atoms with E-state index in [4.69, 9.17) is 5.11 Å². The Kier molecular flexibility index (Phi) is 4.25. The summed E-state index contributed by atoms with van der Waals surface area (Å²) in [7, 11) is 3.50. The van der Waals surface area contributed by atoms with Gasteiger partial charge in [0.25, 0.3) is 0 Å². The van der Waals surface area contributed by atoms with E-state index in [1.807, 2.05) is 4.90 Å². The second-order valence-corrected chi connectivity index (χ2v) is 6.81. The van der Waals surface area contributed by atoms with Gasteiger partial charge in [-0.05, 0) is 25.0 Å². The van der Waals surface area contributed by atoms with E-state index in [0.29, 0.717) is 19.5 Å². The molecule has 2 rings (SSSR count). The molecule has 0 bridgehead atoms. The van der Waals surface area contributed by atoms with Crippen LogP contribution in [0.15, 0.2) is 0 Å². The molecular weight excluding hydrogens is 266 g/mol. The third-order valence-corrected chi connectivity index (χ3v) is 5.26. The molecule has 1 spiro atoms. The molecular formula is C12H21N3O3S. The van der Waals surface area contributed by atoms with Crippen molar-refractivity contribution in [2.24, 2.45) is 0 Å². The highest BCUT2D eigenvalue weighted by molar-refractivity contribution is 8.00. The van der Waals surface area contributed by atoms with Crippen LogP contribution < -0.4 is 5.32 Å². The summed E-state index contributed by atoms with van der Waals surface area (Å²) in [5.74, 6) is 0.0949. The third-order valence-electron chi connectivity index (χ3n) is 3.74. The normalized spacial score (nSPS) is 26.2. The number of thioether (sulfide) groups is 1. The molecule has 0 aromatic heterocycles. The van der Waals surface area contributed by atoms with Gasteiger partial charge in [-0.2, -0.15) is 0 Å². The van der Waals surface area contributed by atoms with Crippen molar-refractivity contribution < 1.29 is 14.7 Å². The topological polar surface area (TPSA) is 72.9 Å². The van der Waals surface area contributed by atoms with Gasteiger partial charge in [0.2, 0.25) is 0 Å². The van der Waals surface area contributed by atoms with E-state index in [2.05, 4.69) is 5.32 Å². The highest BCUT2D eigenvalue weighted by atomic mass is 32.2. The fourth-order valence-corrected chi connectivity index (χ4v) is 4.06. The van der Waals surface area contributed by atoms with Gasteiger partial charge in [-0.25, -0.2) is 4.79 Å². The quantitative estimate of drug-likeness (QED) is 0.740. The molecule has 2 amide bonds. The van der Waals surface area contributed by atoms with Gasteiger partial charge in [-0.3, -0.25) is 10.1 Å². The Morgan fingerprint density at radius 2 is 2.00 bits per heavy atom. The molecule has 1 atom stereocenters. The summed E-state index contributed by atoms with van der Waals surface area (Å²) in [6.45, 7) is 1.37. The van der Waals surface area contributed by atoms with Crippen molar-refractivity contribution in [3.63, 3.8) is 0 Å². The lowest BCUT2D eigenvalue weighted by molar-refractivity contribution is -0.140. The largest absolute Gasteiger partial charge is 0.480 e. The maximum absolute atomic E-state index is 11.9. The minimum atomic E-state index is -0.772. The Morgan fingerprint density at radius 1 is 1.37 bits per heavy atom. The lowest BCUT2D eigenvalue weighted by Crippen LogP contribution is -2.60. The summed E-state index contributed by atoms with van der Waals surface area (Å²) in [4.78, 5) is 26.2. The second-order valence-electron chi connectivity index (χ2n) is 5.33. The fourth-order valence-electron chi connectivity index (χ4n) is 2.62. The molecule has 2 aliphatic heterocycles. The van der Waals surface area contributed by atoms with E-state index in [-0.39, 0.29) is 10.9 Å². The first-order valence-corrected chi connectivity index (χ1v) is 7.53. The maximum atomic E-state index is 11.9. The lowest BCUT2D eigenvalue weighted by atomic mass is 10.0. The first-order valence-electron chi connectivity index (χ1n) is 6.54. The average Bonchev–Trinajstić information content (AvgIpc) is 2.39. The van der Waals surface area contributed by atoms with Crippen LogP contribution in [0.1, 0.15) is 19.3 Å². The van der Waals surface area contributed by atoms with E-state index >= 15 is 0 Å². The summed E-state index contributed by atoms with van der Waals surface area (Å²) in [5, 5.41) is 12.4. The van der Waals surface area contributed by atoms with Crippen molar-refractivity contribution >= 4 is 23.8 Å². The standard InChI is InChI=1S/C12H21N3O3S/c1-14(2)11(18)15-6-4-12(5-7-15)13-9(10(16)17)3-8-19-12/h9,13H,3-8H2,1-2H3,(H,16,17). The van der Waals surface area contributed by atoms with Crippen LogP contribution in [0.25, 0.3) is 0 Å². The molecule has 2 heterocycles. The zero-order chi connectivity index (χ0) is 14.0. The second kappa shape index (κ2) is 5.58. The fraction of sp³-hybridized carbons (Fsp3) is 0.833. The van der Waals surface area contributed by atoms with Gasteiger partial charge in [0, 0.05) is 27.2 Å². The van der Waals surface area contributed by atoms with Gasteiger partial charge >= 0.3 is 12.0 Å². The number of nitrogens with zero attached hydrogens (tertiary/aromatic N) is 2. The summed E-state index contributed by atoms with van der Waals surface area (Å²) >= 11 is 1.80. The lowest BCUT2D eigenvalue weighted by Gasteiger charge is -2.46. The number of piperidine rings is 1. The average molecular weight is 287 g/mol. The minimum Gasteiger partial charge on any atom is -0.480 e. The van der Waals surface area contributed by atoms with E-state index in [0.717, 1.165) is 18.6 Å². The summed E-state index contributed by atoms with van der Waals surface area (Å²) in [6, 6.07) is -0.414. The minimum absolute atomic E-state index is 0.0328. The maximum Gasteiger partial charge on any atom is 0.320 e. The number of hydrogen-bond acceptors (Lipinski definition) is 4. The van der Waals surface area contributed by atoms with E-state index in [1.54, 1.807) is 30.8 Å². The molecule has 0 aromatic rings. The molecule has 2 saturated heterocycles. The highest BCUT2D eigenvalue weighted by Gasteiger charge is 2.42. The molecule has 1 unspecified atom stereocenters. The number of amides is 2. The predicted molar refractivity (Wildman–Crippen MR) is 74.3 cm³/mol. The zero-order valence-electron chi connectivity index (χ0n) is 11.4. The van der Waals surface area contributed by atoms with Gasteiger partial charge in [-0.15, -0.1) is 11.8 Å². The van der Waals surface area contributed by atoms with Gasteiger partial charge in [0.05, 0.1) is 4.87 Å². The van der Waals surface area contributed by atoms with Crippen LogP contribution in [-0.2, 0) is 4.79 Å². The van der Waals surface area contributed by atoms with Crippen LogP contribution in [0.2, 0.25) is 0 Å². The number of nitrogens with one attached hydrogen (secondary N) is 1. The van der Waals surface area contributed by atoms with Gasteiger partial charge < -0.3 is 14.9 Å². The van der Waals surface area contributed by atoms with Crippen LogP contribution in [0, 0.1) is 0 Å². The van der Waals surface area contributed by atoms with Crippen LogP contribution in [0.5, 0.6) is 0 Å². The molecule has 0 aromatic carbocycles. The number of carboxylic acid groups (broad SMARTS) is 1. The first-order chi connectivity index (χ1) is 8.93. The van der Waals surface area contributed by atoms with Crippen LogP contribution >= 0.6 is 11.8 Å². The Balaban J connectivity index is 1.94. The van der Waals surface area contributed by atoms with Crippen LogP contribution in [0.4, 0.5) is 4.79 Å². The Hall–Kier alpha value is -0.950. The van der Waals surface area contributed by atoms with Crippen molar-refractivity contribution in [2.45, 2.75) is 30.2 Å². The predicted octanol–water partition coefficient (Wildman–Crippen LogP) is 0.640. The monoisotopic (exact) mass is 287 g/mol. The van der Waals surface area contributed by atoms with Crippen LogP contribution in [0.3, 0.4) is 0 Å².